The second kappa shape index (κ2) is 8.17. The molecule has 1 saturated carbocycles. The van der Waals surface area contributed by atoms with Gasteiger partial charge in [0.25, 0.3) is 0 Å². The van der Waals surface area contributed by atoms with Crippen LogP contribution in [-0.2, 0) is 6.42 Å². The fraction of sp³-hybridized carbons (Fsp3) is 0.750. The molecule has 3 N–H and O–H groups in total. The Kier molecular flexibility index (Phi) is 6.24. The molecule has 6 nitrogen and oxygen atoms in total. The SMILES string of the molecule is CCNC(=NCCc1c(C)noc1C)NC1CCC(O)CC1. The zero-order valence-electron chi connectivity index (χ0n) is 13.9. The predicted molar refractivity (Wildman–Crippen MR) is 87.1 cm³/mol. The maximum absolute atomic E-state index is 9.58. The first-order chi connectivity index (χ1) is 10.6. The number of hydrogen-bond acceptors (Lipinski definition) is 4. The molecule has 0 bridgehead atoms. The monoisotopic (exact) mass is 308 g/mol. The van der Waals surface area contributed by atoms with Gasteiger partial charge in [0.05, 0.1) is 11.8 Å². The lowest BCUT2D eigenvalue weighted by atomic mass is 9.93. The van der Waals surface area contributed by atoms with E-state index >= 15 is 0 Å². The second-order valence-corrected chi connectivity index (χ2v) is 5.96. The molecule has 2 rings (SSSR count). The molecule has 0 saturated heterocycles. The van der Waals surface area contributed by atoms with Crippen LogP contribution in [0, 0.1) is 13.8 Å². The topological polar surface area (TPSA) is 82.7 Å². The lowest BCUT2D eigenvalue weighted by molar-refractivity contribution is 0.120. The van der Waals surface area contributed by atoms with Crippen LogP contribution in [0.25, 0.3) is 0 Å². The molecule has 124 valence electrons. The van der Waals surface area contributed by atoms with E-state index in [1.54, 1.807) is 0 Å². The Morgan fingerprint density at radius 1 is 1.32 bits per heavy atom. The van der Waals surface area contributed by atoms with E-state index in [0.717, 1.165) is 61.6 Å². The van der Waals surface area contributed by atoms with Crippen LogP contribution in [0.3, 0.4) is 0 Å². The van der Waals surface area contributed by atoms with E-state index in [9.17, 15) is 5.11 Å². The van der Waals surface area contributed by atoms with Gasteiger partial charge >= 0.3 is 0 Å². The van der Waals surface area contributed by atoms with Crippen LogP contribution in [0.5, 0.6) is 0 Å². The van der Waals surface area contributed by atoms with Crippen LogP contribution in [-0.4, -0.2) is 41.5 Å². The first kappa shape index (κ1) is 16.8. The van der Waals surface area contributed by atoms with E-state index in [-0.39, 0.29) is 6.10 Å². The number of aromatic nitrogens is 1. The van der Waals surface area contributed by atoms with E-state index in [1.807, 2.05) is 13.8 Å². The van der Waals surface area contributed by atoms with Crippen molar-refractivity contribution in [2.24, 2.45) is 4.99 Å². The van der Waals surface area contributed by atoms with Gasteiger partial charge in [-0.25, -0.2) is 0 Å². The van der Waals surface area contributed by atoms with E-state index in [0.29, 0.717) is 12.6 Å². The third kappa shape index (κ3) is 4.73. The third-order valence-electron chi connectivity index (χ3n) is 4.19. The minimum absolute atomic E-state index is 0.128. The van der Waals surface area contributed by atoms with Crippen molar-refractivity contribution in [3.8, 4) is 0 Å². The molecule has 1 aliphatic carbocycles. The van der Waals surface area contributed by atoms with E-state index < -0.39 is 0 Å². The van der Waals surface area contributed by atoms with Crippen molar-refractivity contribution < 1.29 is 9.63 Å². The fourth-order valence-corrected chi connectivity index (χ4v) is 2.87. The van der Waals surface area contributed by atoms with Crippen LogP contribution >= 0.6 is 0 Å². The molecule has 0 aliphatic heterocycles. The molecule has 0 atom stereocenters. The molecule has 1 aromatic heterocycles. The first-order valence-corrected chi connectivity index (χ1v) is 8.24. The molecular formula is C16H28N4O2. The number of aliphatic hydroxyl groups excluding tert-OH is 1. The van der Waals surface area contributed by atoms with Crippen LogP contribution in [0.4, 0.5) is 0 Å². The molecule has 0 spiro atoms. The molecule has 1 aromatic rings. The van der Waals surface area contributed by atoms with Gasteiger partial charge in [0.1, 0.15) is 5.76 Å². The number of aliphatic imine (C=N–C) groups is 1. The number of guanidine groups is 1. The predicted octanol–water partition coefficient (Wildman–Crippen LogP) is 1.69. The molecule has 0 unspecified atom stereocenters. The summed E-state index contributed by atoms with van der Waals surface area (Å²) < 4.78 is 5.18. The quantitative estimate of drug-likeness (QED) is 0.569. The summed E-state index contributed by atoms with van der Waals surface area (Å²) in [6.45, 7) is 7.51. The van der Waals surface area contributed by atoms with Crippen LogP contribution in [0.15, 0.2) is 9.52 Å². The second-order valence-electron chi connectivity index (χ2n) is 5.96. The fourth-order valence-electron chi connectivity index (χ4n) is 2.87. The van der Waals surface area contributed by atoms with Crippen LogP contribution in [0.1, 0.15) is 49.6 Å². The standard InChI is InChI=1S/C16H28N4O2/c1-4-17-16(19-13-5-7-14(21)8-6-13)18-10-9-15-11(2)20-22-12(15)3/h13-14,21H,4-10H2,1-3H3,(H2,17,18,19). The smallest absolute Gasteiger partial charge is 0.191 e. The van der Waals surface area contributed by atoms with Gasteiger partial charge in [-0.3, -0.25) is 4.99 Å². The Labute approximate surface area is 132 Å². The van der Waals surface area contributed by atoms with E-state index in [1.165, 1.54) is 0 Å². The number of aryl methyl sites for hydroxylation is 2. The summed E-state index contributed by atoms with van der Waals surface area (Å²) in [7, 11) is 0. The summed E-state index contributed by atoms with van der Waals surface area (Å²) >= 11 is 0. The van der Waals surface area contributed by atoms with Gasteiger partial charge in [-0.1, -0.05) is 5.16 Å². The average Bonchev–Trinajstić information content (AvgIpc) is 2.81. The van der Waals surface area contributed by atoms with Gasteiger partial charge < -0.3 is 20.3 Å². The van der Waals surface area contributed by atoms with Gasteiger partial charge in [0.2, 0.25) is 0 Å². The summed E-state index contributed by atoms with van der Waals surface area (Å²) in [5, 5.41) is 20.3. The highest BCUT2D eigenvalue weighted by atomic mass is 16.5. The minimum Gasteiger partial charge on any atom is -0.393 e. The lowest BCUT2D eigenvalue weighted by Gasteiger charge is -2.27. The molecule has 0 radical (unpaired) electrons. The van der Waals surface area contributed by atoms with Crippen molar-refractivity contribution in [1.82, 2.24) is 15.8 Å². The van der Waals surface area contributed by atoms with E-state index in [2.05, 4.69) is 27.7 Å². The third-order valence-corrected chi connectivity index (χ3v) is 4.19. The number of nitrogens with zero attached hydrogens (tertiary/aromatic N) is 2. The average molecular weight is 308 g/mol. The van der Waals surface area contributed by atoms with Gasteiger partial charge in [-0.2, -0.15) is 0 Å². The molecule has 6 heteroatoms. The van der Waals surface area contributed by atoms with Crippen molar-refractivity contribution in [1.29, 1.82) is 0 Å². The summed E-state index contributed by atoms with van der Waals surface area (Å²) in [6.07, 6.45) is 4.44. The summed E-state index contributed by atoms with van der Waals surface area (Å²) in [4.78, 5) is 4.65. The van der Waals surface area contributed by atoms with Gasteiger partial charge in [-0.05, 0) is 52.9 Å². The molecule has 1 fully saturated rings. The summed E-state index contributed by atoms with van der Waals surface area (Å²) in [5.41, 5.74) is 2.10. The molecule has 1 aliphatic rings. The Morgan fingerprint density at radius 3 is 2.64 bits per heavy atom. The van der Waals surface area contributed by atoms with Crippen LogP contribution in [0.2, 0.25) is 0 Å². The van der Waals surface area contributed by atoms with Crippen molar-refractivity contribution in [3.05, 3.63) is 17.0 Å². The van der Waals surface area contributed by atoms with Gasteiger partial charge in [0.15, 0.2) is 5.96 Å². The van der Waals surface area contributed by atoms with Crippen molar-refractivity contribution in [3.63, 3.8) is 0 Å². The van der Waals surface area contributed by atoms with Gasteiger partial charge in [-0.15, -0.1) is 0 Å². The zero-order chi connectivity index (χ0) is 15.9. The van der Waals surface area contributed by atoms with Gasteiger partial charge in [0, 0.05) is 24.7 Å². The van der Waals surface area contributed by atoms with Crippen LogP contribution < -0.4 is 10.6 Å². The molecule has 0 amide bonds. The van der Waals surface area contributed by atoms with Crippen molar-refractivity contribution >= 4 is 5.96 Å². The number of aliphatic hydroxyl groups is 1. The summed E-state index contributed by atoms with van der Waals surface area (Å²) in [6, 6.07) is 0.403. The van der Waals surface area contributed by atoms with Crippen molar-refractivity contribution in [2.75, 3.05) is 13.1 Å². The molecular weight excluding hydrogens is 280 g/mol. The highest BCUT2D eigenvalue weighted by Gasteiger charge is 2.20. The van der Waals surface area contributed by atoms with E-state index in [4.69, 9.17) is 4.52 Å². The molecule has 1 heterocycles. The highest BCUT2D eigenvalue weighted by Crippen LogP contribution is 2.18. The molecule has 0 aromatic carbocycles. The minimum atomic E-state index is -0.128. The Bertz CT molecular complexity index is 471. The lowest BCUT2D eigenvalue weighted by Crippen LogP contribution is -2.45. The Balaban J connectivity index is 1.87. The normalized spacial score (nSPS) is 22.6. The maximum Gasteiger partial charge on any atom is 0.191 e. The summed E-state index contributed by atoms with van der Waals surface area (Å²) in [5.74, 6) is 1.74. The van der Waals surface area contributed by atoms with Crippen molar-refractivity contribution in [2.45, 2.75) is 65.0 Å². The first-order valence-electron chi connectivity index (χ1n) is 8.24. The highest BCUT2D eigenvalue weighted by molar-refractivity contribution is 5.80. The number of hydrogen-bond donors (Lipinski definition) is 3. The largest absolute Gasteiger partial charge is 0.393 e. The Hall–Kier alpha value is -1.56. The number of nitrogens with one attached hydrogen (secondary N) is 2. The maximum atomic E-state index is 9.58. The Morgan fingerprint density at radius 2 is 2.05 bits per heavy atom. The number of rotatable bonds is 5. The zero-order valence-corrected chi connectivity index (χ0v) is 13.9. The molecule has 22 heavy (non-hydrogen) atoms.